The molecule has 1 aromatic carbocycles. The van der Waals surface area contributed by atoms with Gasteiger partial charge in [0, 0.05) is 4.88 Å². The van der Waals surface area contributed by atoms with Gasteiger partial charge in [0.05, 0.1) is 23.9 Å². The summed E-state index contributed by atoms with van der Waals surface area (Å²) in [5.74, 6) is 0.532. The molecule has 2 aromatic heterocycles. The van der Waals surface area contributed by atoms with Crippen LogP contribution < -0.4 is 15.6 Å². The van der Waals surface area contributed by atoms with Gasteiger partial charge in [-0.15, -0.1) is 11.3 Å². The highest BCUT2D eigenvalue weighted by molar-refractivity contribution is 7.99. The zero-order valence-corrected chi connectivity index (χ0v) is 14.7. The van der Waals surface area contributed by atoms with Crippen LogP contribution in [-0.4, -0.2) is 28.7 Å². The minimum Gasteiger partial charge on any atom is -0.495 e. The van der Waals surface area contributed by atoms with E-state index in [1.807, 2.05) is 25.1 Å². The lowest BCUT2D eigenvalue weighted by Gasteiger charge is -2.09. The topological polar surface area (TPSA) is 84.1 Å². The van der Waals surface area contributed by atoms with E-state index in [0.29, 0.717) is 26.8 Å². The lowest BCUT2D eigenvalue weighted by molar-refractivity contribution is -0.113. The molecule has 0 aliphatic rings. The van der Waals surface area contributed by atoms with Crippen molar-refractivity contribution < 1.29 is 9.53 Å². The number of aromatic amines is 1. The second kappa shape index (κ2) is 7.06. The maximum absolute atomic E-state index is 12.1. The fraction of sp³-hybridized carbons (Fsp3) is 0.188. The van der Waals surface area contributed by atoms with E-state index in [-0.39, 0.29) is 17.2 Å². The summed E-state index contributed by atoms with van der Waals surface area (Å²) in [5.41, 5.74) is 0.424. The fourth-order valence-corrected chi connectivity index (χ4v) is 3.77. The molecule has 3 rings (SSSR count). The molecule has 0 fully saturated rings. The van der Waals surface area contributed by atoms with Crippen molar-refractivity contribution in [2.45, 2.75) is 12.1 Å². The first-order chi connectivity index (χ1) is 11.6. The largest absolute Gasteiger partial charge is 0.495 e. The number of fused-ring (bicyclic) bond motifs is 1. The van der Waals surface area contributed by atoms with Gasteiger partial charge in [0.1, 0.15) is 10.6 Å². The molecule has 0 bridgehead atoms. The number of hydrogen-bond acceptors (Lipinski definition) is 6. The van der Waals surface area contributed by atoms with Crippen molar-refractivity contribution in [3.63, 3.8) is 0 Å². The Morgan fingerprint density at radius 1 is 1.42 bits per heavy atom. The smallest absolute Gasteiger partial charge is 0.260 e. The molecule has 6 nitrogen and oxygen atoms in total. The maximum atomic E-state index is 12.1. The Labute approximate surface area is 146 Å². The Balaban J connectivity index is 1.69. The molecule has 0 aliphatic carbocycles. The van der Waals surface area contributed by atoms with Crippen molar-refractivity contribution in [2.75, 3.05) is 18.2 Å². The molecule has 0 atom stereocenters. The Kier molecular flexibility index (Phi) is 4.86. The zero-order valence-electron chi connectivity index (χ0n) is 13.1. The SMILES string of the molecule is COc1ccccc1NC(=O)CSc1nc2sc(C)cc2c(=O)[nH]1. The number of hydrogen-bond donors (Lipinski definition) is 2. The molecule has 0 radical (unpaired) electrons. The summed E-state index contributed by atoms with van der Waals surface area (Å²) in [6.45, 7) is 1.93. The van der Waals surface area contributed by atoms with Crippen molar-refractivity contribution in [1.82, 2.24) is 9.97 Å². The number of ether oxygens (including phenoxy) is 1. The van der Waals surface area contributed by atoms with Crippen molar-refractivity contribution >= 4 is 44.9 Å². The van der Waals surface area contributed by atoms with Gasteiger partial charge in [-0.25, -0.2) is 4.98 Å². The molecule has 24 heavy (non-hydrogen) atoms. The van der Waals surface area contributed by atoms with Gasteiger partial charge in [0.15, 0.2) is 5.16 Å². The van der Waals surface area contributed by atoms with Gasteiger partial charge in [-0.3, -0.25) is 9.59 Å². The van der Waals surface area contributed by atoms with E-state index in [1.54, 1.807) is 19.2 Å². The number of benzene rings is 1. The Hall–Kier alpha value is -2.32. The molecule has 0 saturated heterocycles. The van der Waals surface area contributed by atoms with Crippen LogP contribution in [0.25, 0.3) is 10.2 Å². The number of carbonyl (C=O) groups is 1. The minimum atomic E-state index is -0.199. The van der Waals surface area contributed by atoms with Gasteiger partial charge in [-0.2, -0.15) is 0 Å². The van der Waals surface area contributed by atoms with E-state index in [0.717, 1.165) is 4.88 Å². The third kappa shape index (κ3) is 3.60. The molecule has 0 unspecified atom stereocenters. The van der Waals surface area contributed by atoms with Crippen LogP contribution in [0.15, 0.2) is 40.3 Å². The van der Waals surface area contributed by atoms with Gasteiger partial charge in [-0.1, -0.05) is 23.9 Å². The van der Waals surface area contributed by atoms with Gasteiger partial charge in [-0.05, 0) is 25.1 Å². The fourth-order valence-electron chi connectivity index (χ4n) is 2.17. The van der Waals surface area contributed by atoms with E-state index >= 15 is 0 Å². The number of aryl methyl sites for hydroxylation is 1. The van der Waals surface area contributed by atoms with Gasteiger partial charge in [0.2, 0.25) is 5.91 Å². The summed E-state index contributed by atoms with van der Waals surface area (Å²) in [5, 5.41) is 3.80. The molecule has 0 aliphatic heterocycles. The number of amides is 1. The van der Waals surface area contributed by atoms with Gasteiger partial charge < -0.3 is 15.0 Å². The normalized spacial score (nSPS) is 10.8. The highest BCUT2D eigenvalue weighted by Crippen LogP contribution is 2.24. The number of para-hydroxylation sites is 2. The number of aromatic nitrogens is 2. The standard InChI is InChI=1S/C16H15N3O3S2/c1-9-7-10-14(21)18-16(19-15(10)24-9)23-8-13(20)17-11-5-3-4-6-12(11)22-2/h3-7H,8H2,1-2H3,(H,17,20)(H,18,19,21). The summed E-state index contributed by atoms with van der Waals surface area (Å²) >= 11 is 2.65. The van der Waals surface area contributed by atoms with Crippen molar-refractivity contribution in [3.05, 3.63) is 45.6 Å². The molecular weight excluding hydrogens is 346 g/mol. The van der Waals surface area contributed by atoms with Crippen molar-refractivity contribution in [1.29, 1.82) is 0 Å². The summed E-state index contributed by atoms with van der Waals surface area (Å²) in [4.78, 5) is 32.9. The number of H-pyrrole nitrogens is 1. The number of rotatable bonds is 5. The van der Waals surface area contributed by atoms with Crippen LogP contribution in [0.1, 0.15) is 4.88 Å². The van der Waals surface area contributed by atoms with Crippen LogP contribution in [0.4, 0.5) is 5.69 Å². The molecule has 2 heterocycles. The molecule has 2 N–H and O–H groups in total. The third-order valence-corrected chi connectivity index (χ3v) is 5.04. The number of anilines is 1. The summed E-state index contributed by atoms with van der Waals surface area (Å²) in [6, 6.07) is 9.00. The first kappa shape index (κ1) is 16.5. The number of thioether (sulfide) groups is 1. The van der Waals surface area contributed by atoms with E-state index in [1.165, 1.54) is 23.1 Å². The predicted molar refractivity (Wildman–Crippen MR) is 97.3 cm³/mol. The average molecular weight is 361 g/mol. The van der Waals surface area contributed by atoms with E-state index < -0.39 is 0 Å². The second-order valence-electron chi connectivity index (χ2n) is 4.98. The maximum Gasteiger partial charge on any atom is 0.260 e. The number of carbonyl (C=O) groups excluding carboxylic acids is 1. The monoisotopic (exact) mass is 361 g/mol. The van der Waals surface area contributed by atoms with Crippen LogP contribution in [0.2, 0.25) is 0 Å². The zero-order chi connectivity index (χ0) is 17.1. The summed E-state index contributed by atoms with van der Waals surface area (Å²) < 4.78 is 5.20. The number of methoxy groups -OCH3 is 1. The lowest BCUT2D eigenvalue weighted by atomic mass is 10.3. The van der Waals surface area contributed by atoms with Crippen LogP contribution in [-0.2, 0) is 4.79 Å². The third-order valence-electron chi connectivity index (χ3n) is 3.22. The number of nitrogens with one attached hydrogen (secondary N) is 2. The van der Waals surface area contributed by atoms with E-state index in [2.05, 4.69) is 15.3 Å². The van der Waals surface area contributed by atoms with E-state index in [4.69, 9.17) is 4.74 Å². The molecular formula is C16H15N3O3S2. The number of thiophene rings is 1. The van der Waals surface area contributed by atoms with Crippen molar-refractivity contribution in [2.24, 2.45) is 0 Å². The average Bonchev–Trinajstić information content (AvgIpc) is 2.94. The minimum absolute atomic E-state index is 0.136. The Bertz CT molecular complexity index is 949. The lowest BCUT2D eigenvalue weighted by Crippen LogP contribution is -2.15. The van der Waals surface area contributed by atoms with Crippen LogP contribution in [0, 0.1) is 6.92 Å². The van der Waals surface area contributed by atoms with Crippen LogP contribution >= 0.6 is 23.1 Å². The predicted octanol–water partition coefficient (Wildman–Crippen LogP) is 3.03. The molecule has 1 amide bonds. The molecule has 124 valence electrons. The second-order valence-corrected chi connectivity index (χ2v) is 7.18. The summed E-state index contributed by atoms with van der Waals surface area (Å²) in [6.07, 6.45) is 0. The van der Waals surface area contributed by atoms with Gasteiger partial charge >= 0.3 is 0 Å². The highest BCUT2D eigenvalue weighted by Gasteiger charge is 2.11. The Morgan fingerprint density at radius 3 is 3.00 bits per heavy atom. The number of nitrogens with zero attached hydrogens (tertiary/aromatic N) is 1. The van der Waals surface area contributed by atoms with Crippen LogP contribution in [0.5, 0.6) is 5.75 Å². The molecule has 8 heteroatoms. The van der Waals surface area contributed by atoms with Gasteiger partial charge in [0.25, 0.3) is 5.56 Å². The molecule has 0 saturated carbocycles. The quantitative estimate of drug-likeness (QED) is 0.539. The highest BCUT2D eigenvalue weighted by atomic mass is 32.2. The van der Waals surface area contributed by atoms with E-state index in [9.17, 15) is 9.59 Å². The Morgan fingerprint density at radius 2 is 2.21 bits per heavy atom. The molecule has 0 spiro atoms. The summed E-state index contributed by atoms with van der Waals surface area (Å²) in [7, 11) is 1.55. The molecule has 3 aromatic rings. The van der Waals surface area contributed by atoms with Crippen LogP contribution in [0.3, 0.4) is 0 Å². The first-order valence-electron chi connectivity index (χ1n) is 7.13. The first-order valence-corrected chi connectivity index (χ1v) is 8.93. The van der Waals surface area contributed by atoms with Crippen molar-refractivity contribution in [3.8, 4) is 5.75 Å².